The van der Waals surface area contributed by atoms with Crippen molar-refractivity contribution in [3.05, 3.63) is 24.3 Å². The Morgan fingerprint density at radius 1 is 1.33 bits per heavy atom. The maximum Gasteiger partial charge on any atom is 0.199 e. The highest BCUT2D eigenvalue weighted by Gasteiger charge is 2.20. The molecule has 3 N–H and O–H groups in total. The number of anilines is 1. The van der Waals surface area contributed by atoms with E-state index in [0.29, 0.717) is 11.5 Å². The maximum absolute atomic E-state index is 9.88. The first-order chi connectivity index (χ1) is 8.68. The van der Waals surface area contributed by atoms with E-state index in [1.54, 1.807) is 11.5 Å². The number of hydrogen-bond donors (Lipinski definition) is 2. The monoisotopic (exact) mass is 245 g/mol. The molecule has 2 aromatic heterocycles. The number of aliphatic hydroxyl groups excluding tert-OH is 1. The third kappa shape index (κ3) is 1.45. The molecular weight excluding hydrogens is 234 g/mol. The largest absolute Gasteiger partial charge is 0.379 e. The molecule has 0 aliphatic carbocycles. The molecule has 92 valence electrons. The molecule has 0 aliphatic heterocycles. The second kappa shape index (κ2) is 3.81. The number of benzene rings is 1. The Balaban J connectivity index is 2.35. The van der Waals surface area contributed by atoms with Gasteiger partial charge < -0.3 is 10.8 Å². The Hall–Kier alpha value is -2.41. The normalized spacial score (nSPS) is 13.0. The Kier molecular flexibility index (Phi) is 2.27. The number of nitrogens with two attached hydrogens (primary N) is 1. The van der Waals surface area contributed by atoms with Gasteiger partial charge in [-0.15, -0.1) is 0 Å². The highest BCUT2D eigenvalue weighted by Crippen LogP contribution is 2.28. The van der Waals surface area contributed by atoms with E-state index in [1.165, 1.54) is 0 Å². The first-order valence-electron chi connectivity index (χ1n) is 5.42. The summed E-state index contributed by atoms with van der Waals surface area (Å²) in [7, 11) is 0. The van der Waals surface area contributed by atoms with E-state index in [0.717, 1.165) is 11.0 Å². The molecule has 1 unspecified atom stereocenters. The Labute approximate surface area is 102 Å². The van der Waals surface area contributed by atoms with Gasteiger partial charge in [0, 0.05) is 0 Å². The van der Waals surface area contributed by atoms with Crippen LogP contribution in [0.25, 0.3) is 22.6 Å². The van der Waals surface area contributed by atoms with Gasteiger partial charge >= 0.3 is 0 Å². The highest BCUT2D eigenvalue weighted by molar-refractivity contribution is 5.81. The van der Waals surface area contributed by atoms with Crippen LogP contribution >= 0.6 is 0 Å². The molecule has 7 nitrogen and oxygen atoms in total. The molecule has 0 fully saturated rings. The van der Waals surface area contributed by atoms with Gasteiger partial charge in [0.15, 0.2) is 17.3 Å². The number of aromatic nitrogens is 4. The van der Waals surface area contributed by atoms with Crippen molar-refractivity contribution in [2.45, 2.75) is 13.2 Å². The average molecular weight is 245 g/mol. The molecule has 1 aromatic carbocycles. The third-order valence-corrected chi connectivity index (χ3v) is 2.70. The lowest BCUT2D eigenvalue weighted by Crippen LogP contribution is -2.06. The van der Waals surface area contributed by atoms with Crippen molar-refractivity contribution in [2.24, 2.45) is 0 Å². The van der Waals surface area contributed by atoms with Crippen molar-refractivity contribution in [2.75, 3.05) is 5.73 Å². The molecular formula is C11H11N5O2. The molecule has 0 saturated carbocycles. The van der Waals surface area contributed by atoms with Gasteiger partial charge in [-0.1, -0.05) is 12.1 Å². The van der Waals surface area contributed by atoms with E-state index < -0.39 is 6.23 Å². The average Bonchev–Trinajstić information content (AvgIpc) is 2.91. The number of fused-ring (bicyclic) bond motifs is 1. The predicted molar refractivity (Wildman–Crippen MR) is 64.4 cm³/mol. The molecule has 2 heterocycles. The van der Waals surface area contributed by atoms with Crippen LogP contribution in [0.1, 0.15) is 13.2 Å². The minimum atomic E-state index is -0.761. The zero-order valence-electron chi connectivity index (χ0n) is 9.61. The lowest BCUT2D eigenvalue weighted by molar-refractivity contribution is 0.130. The maximum atomic E-state index is 9.88. The summed E-state index contributed by atoms with van der Waals surface area (Å²) in [4.78, 5) is 4.40. The van der Waals surface area contributed by atoms with Crippen molar-refractivity contribution in [1.82, 2.24) is 19.9 Å². The summed E-state index contributed by atoms with van der Waals surface area (Å²) in [5, 5.41) is 17.1. The fourth-order valence-corrected chi connectivity index (χ4v) is 1.94. The molecule has 7 heteroatoms. The van der Waals surface area contributed by atoms with Crippen LogP contribution in [0, 0.1) is 0 Å². The summed E-state index contributed by atoms with van der Waals surface area (Å²) in [6, 6.07) is 7.46. The summed E-state index contributed by atoms with van der Waals surface area (Å²) in [5.41, 5.74) is 7.53. The highest BCUT2D eigenvalue weighted by atomic mass is 16.6. The molecule has 0 spiro atoms. The van der Waals surface area contributed by atoms with Gasteiger partial charge in [0.2, 0.25) is 0 Å². The lowest BCUT2D eigenvalue weighted by atomic mass is 10.3. The van der Waals surface area contributed by atoms with Crippen LogP contribution in [-0.4, -0.2) is 25.0 Å². The zero-order valence-corrected chi connectivity index (χ0v) is 9.61. The van der Waals surface area contributed by atoms with Gasteiger partial charge in [0.05, 0.1) is 11.0 Å². The Morgan fingerprint density at radius 3 is 2.78 bits per heavy atom. The summed E-state index contributed by atoms with van der Waals surface area (Å²) in [6.07, 6.45) is -0.761. The minimum absolute atomic E-state index is 0.146. The number of nitrogens with zero attached hydrogens (tertiary/aromatic N) is 4. The molecule has 18 heavy (non-hydrogen) atoms. The van der Waals surface area contributed by atoms with Crippen LogP contribution in [-0.2, 0) is 0 Å². The molecule has 0 amide bonds. The molecule has 3 aromatic rings. The second-order valence-electron chi connectivity index (χ2n) is 3.92. The van der Waals surface area contributed by atoms with E-state index in [4.69, 9.17) is 5.73 Å². The number of para-hydroxylation sites is 2. The van der Waals surface area contributed by atoms with Gasteiger partial charge in [-0.25, -0.2) is 9.61 Å². The van der Waals surface area contributed by atoms with E-state index in [2.05, 4.69) is 19.9 Å². The SMILES string of the molecule is CC(O)n1c(-c2nonc2N)nc2ccccc21. The van der Waals surface area contributed by atoms with Crippen molar-refractivity contribution in [3.63, 3.8) is 0 Å². The van der Waals surface area contributed by atoms with Gasteiger partial charge in [-0.05, 0) is 29.4 Å². The van der Waals surface area contributed by atoms with Crippen molar-refractivity contribution in [3.8, 4) is 11.5 Å². The van der Waals surface area contributed by atoms with Crippen LogP contribution in [0.5, 0.6) is 0 Å². The van der Waals surface area contributed by atoms with Gasteiger partial charge in [-0.3, -0.25) is 4.57 Å². The fourth-order valence-electron chi connectivity index (χ4n) is 1.94. The van der Waals surface area contributed by atoms with Crippen LogP contribution in [0.3, 0.4) is 0 Å². The molecule has 0 radical (unpaired) electrons. The van der Waals surface area contributed by atoms with Crippen LogP contribution in [0.15, 0.2) is 28.9 Å². The third-order valence-electron chi connectivity index (χ3n) is 2.70. The number of nitrogen functional groups attached to an aromatic ring is 1. The summed E-state index contributed by atoms with van der Waals surface area (Å²) < 4.78 is 6.20. The molecule has 0 saturated heterocycles. The van der Waals surface area contributed by atoms with Gasteiger partial charge in [0.1, 0.15) is 6.23 Å². The lowest BCUT2D eigenvalue weighted by Gasteiger charge is -2.10. The van der Waals surface area contributed by atoms with Crippen molar-refractivity contribution in [1.29, 1.82) is 0 Å². The van der Waals surface area contributed by atoms with Gasteiger partial charge in [-0.2, -0.15) is 0 Å². The molecule has 3 rings (SSSR count). The summed E-state index contributed by atoms with van der Waals surface area (Å²) >= 11 is 0. The molecule has 0 aliphatic rings. The van der Waals surface area contributed by atoms with Crippen molar-refractivity contribution >= 4 is 16.9 Å². The number of rotatable bonds is 2. The van der Waals surface area contributed by atoms with Crippen LogP contribution in [0.4, 0.5) is 5.82 Å². The first-order valence-corrected chi connectivity index (χ1v) is 5.42. The first kappa shape index (κ1) is 10.7. The van der Waals surface area contributed by atoms with Crippen molar-refractivity contribution < 1.29 is 9.74 Å². The summed E-state index contributed by atoms with van der Waals surface area (Å²) in [5.74, 6) is 0.581. The molecule has 1 atom stereocenters. The summed E-state index contributed by atoms with van der Waals surface area (Å²) in [6.45, 7) is 1.64. The van der Waals surface area contributed by atoms with E-state index in [-0.39, 0.29) is 5.82 Å². The minimum Gasteiger partial charge on any atom is -0.379 e. The number of hydrogen-bond acceptors (Lipinski definition) is 6. The fraction of sp³-hybridized carbons (Fsp3) is 0.182. The standard InChI is InChI=1S/C11H11N5O2/c1-6(17)16-8-5-3-2-4-7(8)13-11(16)9-10(12)15-18-14-9/h2-6,17H,1H3,(H2,12,15). The number of aliphatic hydroxyl groups is 1. The van der Waals surface area contributed by atoms with Crippen LogP contribution < -0.4 is 5.73 Å². The van der Waals surface area contributed by atoms with E-state index >= 15 is 0 Å². The Morgan fingerprint density at radius 2 is 2.11 bits per heavy atom. The van der Waals surface area contributed by atoms with Gasteiger partial charge in [0.25, 0.3) is 0 Å². The molecule has 0 bridgehead atoms. The smallest absolute Gasteiger partial charge is 0.199 e. The quantitative estimate of drug-likeness (QED) is 0.702. The van der Waals surface area contributed by atoms with E-state index in [1.807, 2.05) is 24.3 Å². The topological polar surface area (TPSA) is 103 Å². The van der Waals surface area contributed by atoms with Crippen LogP contribution in [0.2, 0.25) is 0 Å². The number of imidazole rings is 1. The zero-order chi connectivity index (χ0) is 12.7. The van der Waals surface area contributed by atoms with E-state index in [9.17, 15) is 5.11 Å². The second-order valence-corrected chi connectivity index (χ2v) is 3.92. The Bertz CT molecular complexity index is 700. The predicted octanol–water partition coefficient (Wildman–Crippen LogP) is 1.18.